The van der Waals surface area contributed by atoms with Crippen LogP contribution in [0.3, 0.4) is 0 Å². The highest BCUT2D eigenvalue weighted by Gasteiger charge is 2.36. The number of hydrogen-bond acceptors (Lipinski definition) is 3. The molecular weight excluding hydrogens is 176 g/mol. The molecule has 3 fully saturated rings. The summed E-state index contributed by atoms with van der Waals surface area (Å²) < 4.78 is 0. The monoisotopic (exact) mass is 192 g/mol. The van der Waals surface area contributed by atoms with Crippen LogP contribution in [0.2, 0.25) is 0 Å². The van der Waals surface area contributed by atoms with Gasteiger partial charge in [-0.1, -0.05) is 0 Å². The number of aromatic nitrogens is 3. The number of rotatable bonds is 1. The van der Waals surface area contributed by atoms with E-state index in [0.717, 1.165) is 18.2 Å². The summed E-state index contributed by atoms with van der Waals surface area (Å²) in [6.45, 7) is 5.71. The molecule has 1 aromatic heterocycles. The second kappa shape index (κ2) is 3.05. The van der Waals surface area contributed by atoms with Gasteiger partial charge in [0.1, 0.15) is 0 Å². The molecule has 14 heavy (non-hydrogen) atoms. The molecule has 76 valence electrons. The second-order valence-corrected chi connectivity index (χ2v) is 4.51. The van der Waals surface area contributed by atoms with Crippen molar-refractivity contribution < 1.29 is 0 Å². The maximum Gasteiger partial charge on any atom is 0.0872 e. The minimum Gasteiger partial charge on any atom is -0.301 e. The molecule has 0 amide bonds. The molecule has 4 heteroatoms. The summed E-state index contributed by atoms with van der Waals surface area (Å²) in [5, 5.41) is 8.77. The summed E-state index contributed by atoms with van der Waals surface area (Å²) in [4.78, 5) is 4.47. The molecule has 2 bridgehead atoms. The molecule has 0 spiro atoms. The zero-order valence-corrected chi connectivity index (χ0v) is 8.56. The van der Waals surface area contributed by atoms with Gasteiger partial charge in [0.25, 0.3) is 0 Å². The fourth-order valence-corrected chi connectivity index (χ4v) is 2.71. The second-order valence-electron chi connectivity index (χ2n) is 4.51. The predicted octanol–water partition coefficient (Wildman–Crippen LogP) is 0.853. The molecule has 0 aliphatic carbocycles. The third kappa shape index (κ3) is 1.25. The summed E-state index contributed by atoms with van der Waals surface area (Å²) in [6, 6.07) is 0.534. The molecule has 0 saturated carbocycles. The van der Waals surface area contributed by atoms with E-state index in [1.54, 1.807) is 0 Å². The van der Waals surface area contributed by atoms with E-state index >= 15 is 0 Å². The average Bonchev–Trinajstić information content (AvgIpc) is 2.66. The van der Waals surface area contributed by atoms with Gasteiger partial charge in [0.15, 0.2) is 0 Å². The topological polar surface area (TPSA) is 34.0 Å². The Hall–Kier alpha value is -0.900. The van der Waals surface area contributed by atoms with Crippen molar-refractivity contribution in [1.29, 1.82) is 0 Å². The molecule has 4 rings (SSSR count). The molecule has 4 heterocycles. The lowest BCUT2D eigenvalue weighted by molar-refractivity contribution is 0.0442. The first-order valence-electron chi connectivity index (χ1n) is 5.44. The molecule has 3 aliphatic heterocycles. The van der Waals surface area contributed by atoms with E-state index in [9.17, 15) is 0 Å². The zero-order valence-electron chi connectivity index (χ0n) is 8.56. The Morgan fingerprint density at radius 1 is 1.36 bits per heavy atom. The Balaban J connectivity index is 1.85. The molecule has 3 saturated heterocycles. The summed E-state index contributed by atoms with van der Waals surface area (Å²) in [5.74, 6) is 0.812. The standard InChI is InChI=1S/C10H16N4/c1-8-6-11-14(12-8)10-7-13-4-2-9(10)3-5-13/h6,9-10H,2-5,7H2,1H3. The van der Waals surface area contributed by atoms with Crippen molar-refractivity contribution in [2.24, 2.45) is 5.92 Å². The molecule has 0 radical (unpaired) electrons. The Bertz CT molecular complexity index is 325. The van der Waals surface area contributed by atoms with Crippen LogP contribution in [-0.4, -0.2) is 39.5 Å². The predicted molar refractivity (Wildman–Crippen MR) is 53.0 cm³/mol. The highest BCUT2D eigenvalue weighted by molar-refractivity contribution is 4.92. The van der Waals surface area contributed by atoms with E-state index in [-0.39, 0.29) is 0 Å². The highest BCUT2D eigenvalue weighted by Crippen LogP contribution is 2.34. The Labute approximate surface area is 83.9 Å². The minimum atomic E-state index is 0.534. The molecule has 0 aromatic carbocycles. The number of fused-ring (bicyclic) bond motifs is 3. The molecule has 1 unspecified atom stereocenters. The molecule has 3 aliphatic rings. The van der Waals surface area contributed by atoms with Crippen LogP contribution in [-0.2, 0) is 0 Å². The van der Waals surface area contributed by atoms with Crippen LogP contribution in [0.25, 0.3) is 0 Å². The maximum absolute atomic E-state index is 4.43. The molecule has 1 aromatic rings. The third-order valence-corrected chi connectivity index (χ3v) is 3.54. The van der Waals surface area contributed by atoms with Gasteiger partial charge < -0.3 is 4.90 Å². The van der Waals surface area contributed by atoms with Gasteiger partial charge in [-0.3, -0.25) is 0 Å². The first-order valence-corrected chi connectivity index (χ1v) is 5.44. The van der Waals surface area contributed by atoms with Crippen LogP contribution in [0.5, 0.6) is 0 Å². The third-order valence-electron chi connectivity index (χ3n) is 3.54. The first-order chi connectivity index (χ1) is 6.83. The normalized spacial score (nSPS) is 36.2. The molecular formula is C10H16N4. The Kier molecular flexibility index (Phi) is 1.83. The Morgan fingerprint density at radius 2 is 2.14 bits per heavy atom. The number of nitrogens with zero attached hydrogens (tertiary/aromatic N) is 4. The van der Waals surface area contributed by atoms with E-state index in [2.05, 4.69) is 15.1 Å². The lowest BCUT2D eigenvalue weighted by Gasteiger charge is -2.43. The van der Waals surface area contributed by atoms with Gasteiger partial charge in [-0.25, -0.2) is 0 Å². The fraction of sp³-hybridized carbons (Fsp3) is 0.800. The van der Waals surface area contributed by atoms with E-state index < -0.39 is 0 Å². The van der Waals surface area contributed by atoms with Gasteiger partial charge in [0.2, 0.25) is 0 Å². The SMILES string of the molecule is Cc1cnn(C2CN3CCC2CC3)n1. The van der Waals surface area contributed by atoms with Gasteiger partial charge in [-0.15, -0.1) is 0 Å². The summed E-state index contributed by atoms with van der Waals surface area (Å²) >= 11 is 0. The van der Waals surface area contributed by atoms with Gasteiger partial charge in [0, 0.05) is 6.54 Å². The number of hydrogen-bond donors (Lipinski definition) is 0. The van der Waals surface area contributed by atoms with Crippen LogP contribution < -0.4 is 0 Å². The lowest BCUT2D eigenvalue weighted by atomic mass is 9.84. The fourth-order valence-electron chi connectivity index (χ4n) is 2.71. The van der Waals surface area contributed by atoms with E-state index in [0.29, 0.717) is 6.04 Å². The van der Waals surface area contributed by atoms with Crippen molar-refractivity contribution in [2.75, 3.05) is 19.6 Å². The summed E-state index contributed by atoms with van der Waals surface area (Å²) in [7, 11) is 0. The van der Waals surface area contributed by atoms with Gasteiger partial charge in [0.05, 0.1) is 17.9 Å². The maximum atomic E-state index is 4.43. The Morgan fingerprint density at radius 3 is 2.64 bits per heavy atom. The van der Waals surface area contributed by atoms with Crippen LogP contribution in [0.1, 0.15) is 24.6 Å². The number of aryl methyl sites for hydroxylation is 1. The largest absolute Gasteiger partial charge is 0.301 e. The smallest absolute Gasteiger partial charge is 0.0872 e. The first kappa shape index (κ1) is 8.41. The summed E-state index contributed by atoms with van der Waals surface area (Å²) in [5.41, 5.74) is 1.03. The summed E-state index contributed by atoms with van der Waals surface area (Å²) in [6.07, 6.45) is 4.51. The molecule has 4 nitrogen and oxygen atoms in total. The van der Waals surface area contributed by atoms with Crippen molar-refractivity contribution in [3.8, 4) is 0 Å². The van der Waals surface area contributed by atoms with E-state index in [4.69, 9.17) is 0 Å². The van der Waals surface area contributed by atoms with E-state index in [1.165, 1.54) is 25.9 Å². The van der Waals surface area contributed by atoms with Crippen LogP contribution >= 0.6 is 0 Å². The van der Waals surface area contributed by atoms with Gasteiger partial charge >= 0.3 is 0 Å². The average molecular weight is 192 g/mol. The van der Waals surface area contributed by atoms with Gasteiger partial charge in [-0.05, 0) is 38.8 Å². The van der Waals surface area contributed by atoms with Crippen LogP contribution in [0, 0.1) is 12.8 Å². The lowest BCUT2D eigenvalue weighted by Crippen LogP contribution is -2.48. The molecule has 0 N–H and O–H groups in total. The van der Waals surface area contributed by atoms with Crippen molar-refractivity contribution in [2.45, 2.75) is 25.8 Å². The van der Waals surface area contributed by atoms with Crippen LogP contribution in [0.15, 0.2) is 6.20 Å². The van der Waals surface area contributed by atoms with Crippen molar-refractivity contribution in [1.82, 2.24) is 19.9 Å². The quantitative estimate of drug-likeness (QED) is 0.661. The minimum absolute atomic E-state index is 0.534. The molecule has 1 atom stereocenters. The van der Waals surface area contributed by atoms with Crippen LogP contribution in [0.4, 0.5) is 0 Å². The van der Waals surface area contributed by atoms with Gasteiger partial charge in [-0.2, -0.15) is 15.0 Å². The number of piperidine rings is 3. The van der Waals surface area contributed by atoms with Crippen molar-refractivity contribution >= 4 is 0 Å². The highest BCUT2D eigenvalue weighted by atomic mass is 15.5. The van der Waals surface area contributed by atoms with Crippen molar-refractivity contribution in [3.63, 3.8) is 0 Å². The van der Waals surface area contributed by atoms with E-state index in [1.807, 2.05) is 17.9 Å². The van der Waals surface area contributed by atoms with Crippen molar-refractivity contribution in [3.05, 3.63) is 11.9 Å². The zero-order chi connectivity index (χ0) is 9.54.